The maximum atomic E-state index is 5.38. The minimum absolute atomic E-state index is 0.465. The topological polar surface area (TPSA) is 92.4 Å². The number of hydrogen-bond donors (Lipinski definition) is 0. The van der Waals surface area contributed by atoms with Gasteiger partial charge < -0.3 is 18.7 Å². The summed E-state index contributed by atoms with van der Waals surface area (Å²) in [7, 11) is 4.83. The molecule has 0 N–H and O–H groups in total. The van der Waals surface area contributed by atoms with Crippen molar-refractivity contribution in [3.63, 3.8) is 0 Å². The molecule has 8 nitrogen and oxygen atoms in total. The second-order valence-electron chi connectivity index (χ2n) is 6.39. The van der Waals surface area contributed by atoms with Crippen LogP contribution in [0.15, 0.2) is 64.1 Å². The molecule has 0 amide bonds. The van der Waals surface area contributed by atoms with Gasteiger partial charge in [0.1, 0.15) is 22.3 Å². The molecule has 4 aromatic rings. The van der Waals surface area contributed by atoms with Crippen LogP contribution in [0.5, 0.6) is 17.2 Å². The summed E-state index contributed by atoms with van der Waals surface area (Å²) in [6.45, 7) is 0. The number of methoxy groups -OCH3 is 3. The van der Waals surface area contributed by atoms with Gasteiger partial charge in [-0.1, -0.05) is 29.1 Å². The predicted molar refractivity (Wildman–Crippen MR) is 116 cm³/mol. The van der Waals surface area contributed by atoms with Crippen molar-refractivity contribution in [2.45, 2.75) is 10.8 Å². The fourth-order valence-electron chi connectivity index (χ4n) is 2.84. The van der Waals surface area contributed by atoms with Crippen LogP contribution in [0, 0.1) is 0 Å². The van der Waals surface area contributed by atoms with Crippen LogP contribution in [-0.4, -0.2) is 41.7 Å². The standard InChI is InChI=1S/C22H20N4O4S/c1-27-16-6-4-5-14(9-16)19-7-8-21(25-24-19)31-13-20-23-22(26-30-20)15-10-17(28-2)12-18(11-15)29-3/h4-12H,13H2,1-3H3. The largest absolute Gasteiger partial charge is 0.497 e. The number of thioether (sulfide) groups is 1. The summed E-state index contributed by atoms with van der Waals surface area (Å²) in [5, 5.41) is 13.4. The van der Waals surface area contributed by atoms with Crippen molar-refractivity contribution in [2.75, 3.05) is 21.3 Å². The molecular weight excluding hydrogens is 416 g/mol. The van der Waals surface area contributed by atoms with E-state index in [-0.39, 0.29) is 0 Å². The lowest BCUT2D eigenvalue weighted by Gasteiger charge is -2.05. The van der Waals surface area contributed by atoms with E-state index in [0.717, 1.165) is 27.6 Å². The Morgan fingerprint density at radius 2 is 1.55 bits per heavy atom. The molecule has 31 heavy (non-hydrogen) atoms. The molecule has 2 heterocycles. The van der Waals surface area contributed by atoms with E-state index in [1.807, 2.05) is 48.5 Å². The quantitative estimate of drug-likeness (QED) is 0.370. The van der Waals surface area contributed by atoms with E-state index in [1.165, 1.54) is 11.8 Å². The molecule has 158 valence electrons. The van der Waals surface area contributed by atoms with Crippen molar-refractivity contribution >= 4 is 11.8 Å². The van der Waals surface area contributed by atoms with Gasteiger partial charge in [0.15, 0.2) is 0 Å². The Kier molecular flexibility index (Phi) is 6.32. The summed E-state index contributed by atoms with van der Waals surface area (Å²) in [5.41, 5.74) is 2.47. The molecule has 0 bridgehead atoms. The third kappa shape index (κ3) is 4.95. The van der Waals surface area contributed by atoms with Crippen LogP contribution >= 0.6 is 11.8 Å². The molecule has 0 aliphatic carbocycles. The Labute approximate surface area is 183 Å². The molecule has 0 saturated carbocycles. The van der Waals surface area contributed by atoms with Crippen molar-refractivity contribution in [3.05, 3.63) is 60.5 Å². The average molecular weight is 436 g/mol. The van der Waals surface area contributed by atoms with Gasteiger partial charge in [-0.3, -0.25) is 0 Å². The summed E-state index contributed by atoms with van der Waals surface area (Å²) < 4.78 is 21.2. The highest BCUT2D eigenvalue weighted by molar-refractivity contribution is 7.98. The fourth-order valence-corrected chi connectivity index (χ4v) is 3.49. The van der Waals surface area contributed by atoms with Crippen molar-refractivity contribution in [3.8, 4) is 39.9 Å². The lowest BCUT2D eigenvalue weighted by atomic mass is 10.1. The van der Waals surface area contributed by atoms with E-state index in [0.29, 0.717) is 29.0 Å². The van der Waals surface area contributed by atoms with E-state index in [2.05, 4.69) is 20.3 Å². The molecule has 0 radical (unpaired) electrons. The van der Waals surface area contributed by atoms with E-state index in [9.17, 15) is 0 Å². The lowest BCUT2D eigenvalue weighted by molar-refractivity contribution is 0.390. The zero-order valence-electron chi connectivity index (χ0n) is 17.2. The third-order valence-electron chi connectivity index (χ3n) is 4.43. The molecule has 0 unspecified atom stereocenters. The van der Waals surface area contributed by atoms with Crippen LogP contribution in [0.1, 0.15) is 5.89 Å². The van der Waals surface area contributed by atoms with E-state index in [1.54, 1.807) is 27.4 Å². The minimum atomic E-state index is 0.465. The van der Waals surface area contributed by atoms with Crippen molar-refractivity contribution in [2.24, 2.45) is 0 Å². The molecule has 0 spiro atoms. The number of benzene rings is 2. The highest BCUT2D eigenvalue weighted by atomic mass is 32.2. The molecular formula is C22H20N4O4S. The number of ether oxygens (including phenoxy) is 3. The van der Waals surface area contributed by atoms with Gasteiger partial charge in [-0.2, -0.15) is 4.98 Å². The summed E-state index contributed by atoms with van der Waals surface area (Å²) in [4.78, 5) is 4.46. The summed E-state index contributed by atoms with van der Waals surface area (Å²) in [6, 6.07) is 17.0. The Morgan fingerprint density at radius 3 is 2.23 bits per heavy atom. The second kappa shape index (κ2) is 9.48. The Balaban J connectivity index is 1.43. The van der Waals surface area contributed by atoms with Gasteiger partial charge in [0.2, 0.25) is 11.7 Å². The fraction of sp³-hybridized carbons (Fsp3) is 0.182. The first-order chi connectivity index (χ1) is 15.2. The zero-order valence-corrected chi connectivity index (χ0v) is 18.0. The van der Waals surface area contributed by atoms with E-state index >= 15 is 0 Å². The molecule has 0 fully saturated rings. The van der Waals surface area contributed by atoms with E-state index in [4.69, 9.17) is 18.7 Å². The maximum Gasteiger partial charge on any atom is 0.237 e. The Bertz CT molecular complexity index is 1140. The first-order valence-electron chi connectivity index (χ1n) is 9.35. The number of hydrogen-bond acceptors (Lipinski definition) is 9. The zero-order chi connectivity index (χ0) is 21.6. The van der Waals surface area contributed by atoms with Gasteiger partial charge >= 0.3 is 0 Å². The molecule has 0 saturated heterocycles. The van der Waals surface area contributed by atoms with Crippen LogP contribution in [0.3, 0.4) is 0 Å². The first kappa shape index (κ1) is 20.7. The molecule has 2 aromatic heterocycles. The third-order valence-corrected chi connectivity index (χ3v) is 5.33. The molecule has 0 atom stereocenters. The highest BCUT2D eigenvalue weighted by Gasteiger charge is 2.12. The molecule has 0 aliphatic rings. The molecule has 2 aromatic carbocycles. The smallest absolute Gasteiger partial charge is 0.237 e. The summed E-state index contributed by atoms with van der Waals surface area (Å²) in [6.07, 6.45) is 0. The molecule has 0 aliphatic heterocycles. The van der Waals surface area contributed by atoms with Crippen LogP contribution in [0.2, 0.25) is 0 Å². The highest BCUT2D eigenvalue weighted by Crippen LogP contribution is 2.29. The van der Waals surface area contributed by atoms with Crippen LogP contribution in [-0.2, 0) is 5.75 Å². The molecule has 9 heteroatoms. The predicted octanol–water partition coefficient (Wildman–Crippen LogP) is 4.51. The van der Waals surface area contributed by atoms with Crippen LogP contribution in [0.25, 0.3) is 22.6 Å². The second-order valence-corrected chi connectivity index (χ2v) is 7.39. The van der Waals surface area contributed by atoms with Gasteiger partial charge in [-0.05, 0) is 36.4 Å². The maximum absolute atomic E-state index is 5.38. The normalized spacial score (nSPS) is 10.7. The van der Waals surface area contributed by atoms with Gasteiger partial charge in [-0.15, -0.1) is 10.2 Å². The van der Waals surface area contributed by atoms with Gasteiger partial charge in [-0.25, -0.2) is 0 Å². The van der Waals surface area contributed by atoms with Crippen LogP contribution < -0.4 is 14.2 Å². The van der Waals surface area contributed by atoms with Crippen LogP contribution in [0.4, 0.5) is 0 Å². The monoisotopic (exact) mass is 436 g/mol. The Hall–Kier alpha value is -3.59. The van der Waals surface area contributed by atoms with Gasteiger partial charge in [0.25, 0.3) is 0 Å². The van der Waals surface area contributed by atoms with Gasteiger partial charge in [0, 0.05) is 17.2 Å². The SMILES string of the molecule is COc1cccc(-c2ccc(SCc3nc(-c4cc(OC)cc(OC)c4)no3)nn2)c1. The van der Waals surface area contributed by atoms with E-state index < -0.39 is 0 Å². The summed E-state index contributed by atoms with van der Waals surface area (Å²) in [5.74, 6) is 3.51. The van der Waals surface area contributed by atoms with Crippen molar-refractivity contribution in [1.82, 2.24) is 20.3 Å². The number of rotatable bonds is 8. The van der Waals surface area contributed by atoms with Gasteiger partial charge in [0.05, 0.1) is 32.8 Å². The molecule has 4 rings (SSSR count). The number of nitrogens with zero attached hydrogens (tertiary/aromatic N) is 4. The van der Waals surface area contributed by atoms with Crippen molar-refractivity contribution in [1.29, 1.82) is 0 Å². The average Bonchev–Trinajstić information content (AvgIpc) is 3.32. The Morgan fingerprint density at radius 1 is 0.806 bits per heavy atom. The minimum Gasteiger partial charge on any atom is -0.497 e. The lowest BCUT2D eigenvalue weighted by Crippen LogP contribution is -1.91. The summed E-state index contributed by atoms with van der Waals surface area (Å²) >= 11 is 1.46. The number of aromatic nitrogens is 4. The first-order valence-corrected chi connectivity index (χ1v) is 10.3. The van der Waals surface area contributed by atoms with Crippen molar-refractivity contribution < 1.29 is 18.7 Å².